The van der Waals surface area contributed by atoms with Crippen LogP contribution in [0.25, 0.3) is 0 Å². The second kappa shape index (κ2) is 4.21. The largest absolute Gasteiger partial charge is 0.300 e. The van der Waals surface area contributed by atoms with Crippen LogP contribution in [0.1, 0.15) is 13.3 Å². The molecule has 0 unspecified atom stereocenters. The Labute approximate surface area is 75.2 Å². The fourth-order valence-electron chi connectivity index (χ4n) is 0.824. The minimum atomic E-state index is -0.370. The van der Waals surface area contributed by atoms with Crippen molar-refractivity contribution in [3.8, 4) is 6.07 Å². The van der Waals surface area contributed by atoms with Crippen LogP contribution in [0.4, 0.5) is 5.95 Å². The van der Waals surface area contributed by atoms with E-state index in [-0.39, 0.29) is 12.3 Å². The van der Waals surface area contributed by atoms with Gasteiger partial charge < -0.3 is 4.57 Å². The second-order valence-electron chi connectivity index (χ2n) is 2.32. The number of rotatable bonds is 3. The van der Waals surface area contributed by atoms with Crippen LogP contribution in [0.5, 0.6) is 0 Å². The second-order valence-corrected chi connectivity index (χ2v) is 2.32. The van der Waals surface area contributed by atoms with Gasteiger partial charge in [-0.25, -0.2) is 0 Å². The molecule has 0 saturated carbocycles. The monoisotopic (exact) mass is 179 g/mol. The summed E-state index contributed by atoms with van der Waals surface area (Å²) >= 11 is 0. The SMILES string of the molecule is CCn1cnnc1NC(=O)CC#N. The topological polar surface area (TPSA) is 83.6 Å². The van der Waals surface area contributed by atoms with Crippen LogP contribution in [0.3, 0.4) is 0 Å². The number of nitrogens with zero attached hydrogens (tertiary/aromatic N) is 4. The molecule has 1 N–H and O–H groups in total. The molecule has 1 heterocycles. The van der Waals surface area contributed by atoms with Crippen LogP contribution < -0.4 is 5.32 Å². The Morgan fingerprint density at radius 3 is 3.23 bits per heavy atom. The molecule has 0 aromatic carbocycles. The number of nitriles is 1. The summed E-state index contributed by atoms with van der Waals surface area (Å²) in [6.45, 7) is 2.58. The highest BCUT2D eigenvalue weighted by Crippen LogP contribution is 2.01. The number of nitrogens with one attached hydrogen (secondary N) is 1. The van der Waals surface area contributed by atoms with Gasteiger partial charge in [-0.05, 0) is 6.92 Å². The molecule has 0 fully saturated rings. The van der Waals surface area contributed by atoms with Crippen LogP contribution in [0.15, 0.2) is 6.33 Å². The molecule has 0 bridgehead atoms. The van der Waals surface area contributed by atoms with Crippen molar-refractivity contribution in [1.29, 1.82) is 5.26 Å². The van der Waals surface area contributed by atoms with Crippen LogP contribution >= 0.6 is 0 Å². The molecular formula is C7H9N5O. The Hall–Kier alpha value is -1.90. The van der Waals surface area contributed by atoms with Crippen molar-refractivity contribution in [3.63, 3.8) is 0 Å². The number of hydrogen-bond donors (Lipinski definition) is 1. The highest BCUT2D eigenvalue weighted by Gasteiger charge is 2.06. The third kappa shape index (κ3) is 2.27. The smallest absolute Gasteiger partial charge is 0.240 e. The van der Waals surface area contributed by atoms with Gasteiger partial charge in [-0.3, -0.25) is 10.1 Å². The van der Waals surface area contributed by atoms with E-state index in [1.165, 1.54) is 6.33 Å². The standard InChI is InChI=1S/C7H9N5O/c1-2-12-5-9-11-7(12)10-6(13)3-4-8/h5H,2-3H2,1H3,(H,10,11,13). The average Bonchev–Trinajstić information content (AvgIpc) is 2.52. The van der Waals surface area contributed by atoms with Gasteiger partial charge in [0.05, 0.1) is 6.07 Å². The van der Waals surface area contributed by atoms with Crippen molar-refractivity contribution in [2.24, 2.45) is 0 Å². The Bertz CT molecular complexity index is 337. The Kier molecular flexibility index (Phi) is 2.97. The summed E-state index contributed by atoms with van der Waals surface area (Å²) in [4.78, 5) is 11.0. The molecule has 0 aliphatic heterocycles. The minimum absolute atomic E-state index is 0.170. The van der Waals surface area contributed by atoms with Crippen molar-refractivity contribution in [2.75, 3.05) is 5.32 Å². The van der Waals surface area contributed by atoms with E-state index >= 15 is 0 Å². The maximum absolute atomic E-state index is 11.0. The molecule has 6 nitrogen and oxygen atoms in total. The molecule has 0 radical (unpaired) electrons. The Morgan fingerprint density at radius 2 is 2.62 bits per heavy atom. The molecule has 1 rings (SSSR count). The number of anilines is 1. The van der Waals surface area contributed by atoms with Crippen molar-refractivity contribution in [3.05, 3.63) is 6.33 Å². The average molecular weight is 179 g/mol. The van der Waals surface area contributed by atoms with Crippen molar-refractivity contribution < 1.29 is 4.79 Å². The highest BCUT2D eigenvalue weighted by molar-refractivity contribution is 5.90. The Morgan fingerprint density at radius 1 is 1.85 bits per heavy atom. The Balaban J connectivity index is 2.64. The zero-order valence-electron chi connectivity index (χ0n) is 7.19. The molecule has 1 amide bonds. The van der Waals surface area contributed by atoms with Gasteiger partial charge in [0.2, 0.25) is 11.9 Å². The van der Waals surface area contributed by atoms with Gasteiger partial charge in [0.15, 0.2) is 0 Å². The lowest BCUT2D eigenvalue weighted by Crippen LogP contribution is -2.14. The van der Waals surface area contributed by atoms with E-state index in [0.717, 1.165) is 0 Å². The molecule has 0 aliphatic rings. The molecule has 0 saturated heterocycles. The van der Waals surface area contributed by atoms with Gasteiger partial charge in [-0.15, -0.1) is 10.2 Å². The van der Waals surface area contributed by atoms with E-state index in [4.69, 9.17) is 5.26 Å². The molecule has 0 atom stereocenters. The van der Waals surface area contributed by atoms with Gasteiger partial charge in [-0.2, -0.15) is 5.26 Å². The van der Waals surface area contributed by atoms with E-state index in [9.17, 15) is 4.79 Å². The fraction of sp³-hybridized carbons (Fsp3) is 0.429. The zero-order chi connectivity index (χ0) is 9.68. The van der Waals surface area contributed by atoms with Gasteiger partial charge in [-0.1, -0.05) is 0 Å². The molecule has 6 heteroatoms. The fourth-order valence-corrected chi connectivity index (χ4v) is 0.824. The van der Waals surface area contributed by atoms with Crippen LogP contribution in [-0.4, -0.2) is 20.7 Å². The molecule has 1 aromatic heterocycles. The summed E-state index contributed by atoms with van der Waals surface area (Å²) in [6, 6.07) is 1.75. The lowest BCUT2D eigenvalue weighted by molar-refractivity contribution is -0.115. The number of hydrogen-bond acceptors (Lipinski definition) is 4. The van der Waals surface area contributed by atoms with Gasteiger partial charge in [0.25, 0.3) is 0 Å². The first-order chi connectivity index (χ1) is 6.27. The van der Waals surface area contributed by atoms with E-state index in [1.54, 1.807) is 10.6 Å². The lowest BCUT2D eigenvalue weighted by atomic mass is 10.4. The van der Waals surface area contributed by atoms with E-state index in [1.807, 2.05) is 6.92 Å². The molecule has 0 spiro atoms. The molecule has 0 aliphatic carbocycles. The van der Waals surface area contributed by atoms with Crippen LogP contribution in [-0.2, 0) is 11.3 Å². The third-order valence-corrected chi connectivity index (χ3v) is 1.45. The summed E-state index contributed by atoms with van der Waals surface area (Å²) in [5, 5.41) is 18.0. The summed E-state index contributed by atoms with van der Waals surface area (Å²) in [5.74, 6) is 0.00736. The molecule has 1 aromatic rings. The van der Waals surface area contributed by atoms with E-state index in [0.29, 0.717) is 12.5 Å². The summed E-state index contributed by atoms with van der Waals surface area (Å²) < 4.78 is 1.68. The predicted octanol–water partition coefficient (Wildman–Crippen LogP) is 0.150. The van der Waals surface area contributed by atoms with Crippen molar-refractivity contribution >= 4 is 11.9 Å². The normalized spacial score (nSPS) is 9.23. The quantitative estimate of drug-likeness (QED) is 0.715. The number of aryl methyl sites for hydroxylation is 1. The highest BCUT2D eigenvalue weighted by atomic mass is 16.1. The first-order valence-corrected chi connectivity index (χ1v) is 3.82. The van der Waals surface area contributed by atoms with Crippen LogP contribution in [0, 0.1) is 11.3 Å². The lowest BCUT2D eigenvalue weighted by Gasteiger charge is -2.02. The minimum Gasteiger partial charge on any atom is -0.300 e. The predicted molar refractivity (Wildman–Crippen MR) is 44.6 cm³/mol. The number of carbonyl (C=O) groups is 1. The first-order valence-electron chi connectivity index (χ1n) is 3.82. The van der Waals surface area contributed by atoms with Crippen molar-refractivity contribution in [1.82, 2.24) is 14.8 Å². The van der Waals surface area contributed by atoms with Crippen molar-refractivity contribution in [2.45, 2.75) is 19.9 Å². The van der Waals surface area contributed by atoms with Gasteiger partial charge >= 0.3 is 0 Å². The van der Waals surface area contributed by atoms with Gasteiger partial charge in [0, 0.05) is 6.54 Å². The summed E-state index contributed by atoms with van der Waals surface area (Å²) in [7, 11) is 0. The van der Waals surface area contributed by atoms with E-state index < -0.39 is 0 Å². The summed E-state index contributed by atoms with van der Waals surface area (Å²) in [6.07, 6.45) is 1.35. The zero-order valence-corrected chi connectivity index (χ0v) is 7.19. The number of aromatic nitrogens is 3. The first kappa shape index (κ1) is 9.19. The maximum Gasteiger partial charge on any atom is 0.240 e. The van der Waals surface area contributed by atoms with Crippen LogP contribution in [0.2, 0.25) is 0 Å². The molecule has 68 valence electrons. The van der Waals surface area contributed by atoms with E-state index in [2.05, 4.69) is 15.5 Å². The maximum atomic E-state index is 11.0. The molecular weight excluding hydrogens is 170 g/mol. The van der Waals surface area contributed by atoms with Gasteiger partial charge in [0.1, 0.15) is 12.7 Å². The molecule has 13 heavy (non-hydrogen) atoms. The third-order valence-electron chi connectivity index (χ3n) is 1.45. The number of amides is 1. The number of carbonyl (C=O) groups excluding carboxylic acids is 1. The summed E-state index contributed by atoms with van der Waals surface area (Å²) in [5.41, 5.74) is 0.